The Kier molecular flexibility index (Phi) is 5.25. The van der Waals surface area contributed by atoms with Crippen molar-refractivity contribution >= 4 is 29.5 Å². The summed E-state index contributed by atoms with van der Waals surface area (Å²) < 4.78 is 20.5. The third kappa shape index (κ3) is 4.48. The zero-order valence-corrected chi connectivity index (χ0v) is 17.2. The summed E-state index contributed by atoms with van der Waals surface area (Å²) in [5.74, 6) is -5.52. The predicted molar refractivity (Wildman–Crippen MR) is 100 cm³/mol. The molecule has 3 aliphatic rings. The molecule has 3 rings (SSSR count). The molecule has 2 aliphatic heterocycles. The van der Waals surface area contributed by atoms with Crippen LogP contribution in [0, 0.1) is 0 Å². The van der Waals surface area contributed by atoms with E-state index in [1.807, 2.05) is 0 Å². The normalized spacial score (nSPS) is 25.3. The van der Waals surface area contributed by atoms with E-state index in [2.05, 4.69) is 0 Å². The van der Waals surface area contributed by atoms with Gasteiger partial charge in [0, 0.05) is 32.7 Å². The summed E-state index contributed by atoms with van der Waals surface area (Å²) in [5.41, 5.74) is 0.621. The van der Waals surface area contributed by atoms with Gasteiger partial charge in [-0.1, -0.05) is 11.6 Å². The van der Waals surface area contributed by atoms with Crippen molar-refractivity contribution in [1.82, 2.24) is 0 Å². The first-order valence-corrected chi connectivity index (χ1v) is 9.40. The SMILES string of the molecule is CC1(C)OC(=O)C(=CC2=C(Cl)C(=CC3=C(O)OC(C)(C)OC3=O)CCC2)C(=O)O1. The van der Waals surface area contributed by atoms with Crippen molar-refractivity contribution in [1.29, 1.82) is 0 Å². The summed E-state index contributed by atoms with van der Waals surface area (Å²) in [7, 11) is 0. The number of esters is 3. The highest BCUT2D eigenvalue weighted by atomic mass is 35.5. The van der Waals surface area contributed by atoms with Crippen molar-refractivity contribution in [3.05, 3.63) is 45.4 Å². The van der Waals surface area contributed by atoms with Crippen molar-refractivity contribution in [2.45, 2.75) is 58.5 Å². The molecule has 0 atom stereocenters. The van der Waals surface area contributed by atoms with Gasteiger partial charge in [-0.05, 0) is 42.6 Å². The third-order valence-electron chi connectivity index (χ3n) is 4.34. The summed E-state index contributed by atoms with van der Waals surface area (Å²) in [6.07, 6.45) is 4.38. The van der Waals surface area contributed by atoms with Crippen LogP contribution in [0.15, 0.2) is 45.4 Å². The lowest BCUT2D eigenvalue weighted by atomic mass is 9.92. The minimum atomic E-state index is -1.33. The van der Waals surface area contributed by atoms with Crippen LogP contribution in [-0.2, 0) is 33.3 Å². The standard InChI is InChI=1S/C20H21ClO8/c1-19(2)26-15(22)12(16(23)27-19)8-10-6-5-7-11(14(10)21)9-13-17(24)28-20(3,4)29-18(13)25/h8-9,22H,5-7H2,1-4H3. The second kappa shape index (κ2) is 7.26. The Hall–Kier alpha value is -2.74. The summed E-state index contributed by atoms with van der Waals surface area (Å²) >= 11 is 6.46. The third-order valence-corrected chi connectivity index (χ3v) is 4.83. The van der Waals surface area contributed by atoms with Gasteiger partial charge in [0.2, 0.25) is 0 Å². The molecule has 1 N–H and O–H groups in total. The molecule has 1 aliphatic carbocycles. The first-order chi connectivity index (χ1) is 13.4. The molecule has 156 valence electrons. The van der Waals surface area contributed by atoms with Gasteiger partial charge in [0.15, 0.2) is 0 Å². The number of carbonyl (C=O) groups excluding carboxylic acids is 3. The van der Waals surface area contributed by atoms with E-state index >= 15 is 0 Å². The zero-order valence-electron chi connectivity index (χ0n) is 16.5. The number of halogens is 1. The Balaban J connectivity index is 1.95. The maximum Gasteiger partial charge on any atom is 0.348 e. The summed E-state index contributed by atoms with van der Waals surface area (Å²) in [6.45, 7) is 5.90. The Bertz CT molecular complexity index is 895. The van der Waals surface area contributed by atoms with Gasteiger partial charge < -0.3 is 24.1 Å². The maximum atomic E-state index is 12.2. The Morgan fingerprint density at radius 3 is 2.00 bits per heavy atom. The zero-order chi connectivity index (χ0) is 21.6. The van der Waals surface area contributed by atoms with Crippen LogP contribution in [0.3, 0.4) is 0 Å². The van der Waals surface area contributed by atoms with Gasteiger partial charge in [-0.15, -0.1) is 0 Å². The molecule has 0 spiro atoms. The molecule has 0 radical (unpaired) electrons. The number of cyclic esters (lactones) is 3. The first kappa shape index (κ1) is 21.0. The van der Waals surface area contributed by atoms with E-state index in [0.29, 0.717) is 30.4 Å². The molecule has 8 nitrogen and oxygen atoms in total. The average Bonchev–Trinajstić information content (AvgIpc) is 2.55. The fourth-order valence-corrected chi connectivity index (χ4v) is 3.39. The van der Waals surface area contributed by atoms with Crippen molar-refractivity contribution < 1.29 is 38.4 Å². The number of rotatable bonds is 2. The van der Waals surface area contributed by atoms with Crippen LogP contribution in [0.5, 0.6) is 0 Å². The van der Waals surface area contributed by atoms with E-state index in [-0.39, 0.29) is 16.2 Å². The monoisotopic (exact) mass is 424 g/mol. The minimum absolute atomic E-state index is 0.162. The molecule has 1 saturated heterocycles. The van der Waals surface area contributed by atoms with Crippen LogP contribution >= 0.6 is 11.6 Å². The van der Waals surface area contributed by atoms with Crippen LogP contribution in [0.1, 0.15) is 47.0 Å². The summed E-state index contributed by atoms with van der Waals surface area (Å²) in [5, 5.41) is 10.3. The second-order valence-corrected chi connectivity index (χ2v) is 8.09. The van der Waals surface area contributed by atoms with Crippen LogP contribution in [0.25, 0.3) is 0 Å². The summed E-state index contributed by atoms with van der Waals surface area (Å²) in [6, 6.07) is 0. The topological polar surface area (TPSA) is 108 Å². The van der Waals surface area contributed by atoms with Crippen LogP contribution in [-0.4, -0.2) is 34.6 Å². The van der Waals surface area contributed by atoms with Gasteiger partial charge >= 0.3 is 17.9 Å². The predicted octanol–water partition coefficient (Wildman–Crippen LogP) is 3.43. The number of carbonyl (C=O) groups is 3. The molecule has 1 fully saturated rings. The van der Waals surface area contributed by atoms with E-state index < -0.39 is 35.4 Å². The van der Waals surface area contributed by atoms with Gasteiger partial charge in [-0.2, -0.15) is 0 Å². The molecule has 0 unspecified atom stereocenters. The highest BCUT2D eigenvalue weighted by molar-refractivity contribution is 6.33. The van der Waals surface area contributed by atoms with E-state index in [0.717, 1.165) is 0 Å². The number of hydrogen-bond acceptors (Lipinski definition) is 8. The van der Waals surface area contributed by atoms with Gasteiger partial charge in [-0.3, -0.25) is 0 Å². The summed E-state index contributed by atoms with van der Waals surface area (Å²) in [4.78, 5) is 36.5. The van der Waals surface area contributed by atoms with Crippen molar-refractivity contribution in [2.24, 2.45) is 0 Å². The smallest absolute Gasteiger partial charge is 0.348 e. The molecule has 0 bridgehead atoms. The van der Waals surface area contributed by atoms with Gasteiger partial charge in [0.25, 0.3) is 17.5 Å². The first-order valence-electron chi connectivity index (χ1n) is 9.02. The number of hydrogen-bond donors (Lipinski definition) is 1. The molecule has 0 aromatic heterocycles. The molecule has 0 aromatic rings. The van der Waals surface area contributed by atoms with E-state index in [4.69, 9.17) is 30.5 Å². The quantitative estimate of drug-likeness (QED) is 0.408. The highest BCUT2D eigenvalue weighted by Crippen LogP contribution is 2.36. The van der Waals surface area contributed by atoms with Crippen molar-refractivity contribution in [2.75, 3.05) is 0 Å². The lowest BCUT2D eigenvalue weighted by Crippen LogP contribution is -2.41. The fourth-order valence-electron chi connectivity index (χ4n) is 3.09. The Morgan fingerprint density at radius 2 is 1.41 bits per heavy atom. The molecule has 0 aromatic carbocycles. The minimum Gasteiger partial charge on any atom is -0.480 e. The molecule has 0 amide bonds. The van der Waals surface area contributed by atoms with Crippen LogP contribution in [0.2, 0.25) is 0 Å². The van der Waals surface area contributed by atoms with Gasteiger partial charge in [-0.25, -0.2) is 14.4 Å². The van der Waals surface area contributed by atoms with E-state index in [9.17, 15) is 19.5 Å². The Morgan fingerprint density at radius 1 is 0.862 bits per heavy atom. The Labute approximate surface area is 172 Å². The van der Waals surface area contributed by atoms with Crippen molar-refractivity contribution in [3.8, 4) is 0 Å². The molecule has 29 heavy (non-hydrogen) atoms. The molecule has 0 saturated carbocycles. The lowest BCUT2D eigenvalue weighted by molar-refractivity contribution is -0.223. The maximum absolute atomic E-state index is 12.2. The second-order valence-electron chi connectivity index (χ2n) is 7.71. The van der Waals surface area contributed by atoms with Crippen LogP contribution < -0.4 is 0 Å². The number of aliphatic hydroxyl groups excluding tert-OH is 1. The number of ether oxygens (including phenoxy) is 4. The molecule has 9 heteroatoms. The molecular formula is C20H21ClO8. The number of aliphatic hydroxyl groups is 1. The van der Waals surface area contributed by atoms with E-state index in [1.165, 1.54) is 39.8 Å². The average molecular weight is 425 g/mol. The fraction of sp³-hybridized carbons (Fsp3) is 0.450. The highest BCUT2D eigenvalue weighted by Gasteiger charge is 2.39. The van der Waals surface area contributed by atoms with Gasteiger partial charge in [0.1, 0.15) is 11.1 Å². The molecular weight excluding hydrogens is 404 g/mol. The van der Waals surface area contributed by atoms with E-state index in [1.54, 1.807) is 0 Å². The lowest BCUT2D eigenvalue weighted by Gasteiger charge is -2.30. The molecule has 2 heterocycles. The van der Waals surface area contributed by atoms with Crippen LogP contribution in [0.4, 0.5) is 0 Å². The number of allylic oxidation sites excluding steroid dienone is 4. The largest absolute Gasteiger partial charge is 0.480 e. The van der Waals surface area contributed by atoms with Crippen molar-refractivity contribution in [3.63, 3.8) is 0 Å². The van der Waals surface area contributed by atoms with Gasteiger partial charge in [0.05, 0.1) is 0 Å².